The number of likely N-dealkylation sites (tertiary alicyclic amines) is 1. The highest BCUT2D eigenvalue weighted by atomic mass is 32.2. The third-order valence-corrected chi connectivity index (χ3v) is 6.40. The number of ether oxygens (including phenoxy) is 1. The van der Waals surface area contributed by atoms with E-state index in [9.17, 15) is 23.3 Å². The number of hydrogen-bond donors (Lipinski definition) is 1. The van der Waals surface area contributed by atoms with Gasteiger partial charge in [-0.05, 0) is 49.7 Å². The van der Waals surface area contributed by atoms with Gasteiger partial charge in [-0.25, -0.2) is 8.42 Å². The summed E-state index contributed by atoms with van der Waals surface area (Å²) >= 11 is 0. The van der Waals surface area contributed by atoms with Crippen LogP contribution in [0.25, 0.3) is 0 Å². The first-order valence-electron chi connectivity index (χ1n) is 9.85. The van der Waals surface area contributed by atoms with Crippen molar-refractivity contribution in [3.63, 3.8) is 0 Å². The summed E-state index contributed by atoms with van der Waals surface area (Å²) in [5.74, 6) is 0.144. The first-order chi connectivity index (χ1) is 14.7. The van der Waals surface area contributed by atoms with Crippen LogP contribution in [0.1, 0.15) is 34.8 Å². The molecule has 1 saturated heterocycles. The van der Waals surface area contributed by atoms with Gasteiger partial charge in [-0.3, -0.25) is 19.8 Å². The zero-order valence-electron chi connectivity index (χ0n) is 17.4. The average molecular weight is 448 g/mol. The molecule has 3 rings (SSSR count). The molecule has 1 heterocycles. The molecule has 1 unspecified atom stereocenters. The third-order valence-electron chi connectivity index (χ3n) is 5.31. The largest absolute Gasteiger partial charge is 0.497 e. The van der Waals surface area contributed by atoms with Crippen molar-refractivity contribution in [3.05, 3.63) is 63.7 Å². The first-order valence-corrected chi connectivity index (χ1v) is 11.7. The Morgan fingerprint density at radius 3 is 2.55 bits per heavy atom. The summed E-state index contributed by atoms with van der Waals surface area (Å²) < 4.78 is 29.1. The van der Waals surface area contributed by atoms with Crippen LogP contribution in [0.5, 0.6) is 5.75 Å². The topological polar surface area (TPSA) is 119 Å². The molecule has 31 heavy (non-hydrogen) atoms. The van der Waals surface area contributed by atoms with Crippen molar-refractivity contribution in [2.24, 2.45) is 0 Å². The lowest BCUT2D eigenvalue weighted by Crippen LogP contribution is -2.36. The smallest absolute Gasteiger partial charge is 0.271 e. The zero-order valence-corrected chi connectivity index (χ0v) is 18.2. The van der Waals surface area contributed by atoms with Crippen molar-refractivity contribution in [3.8, 4) is 5.75 Å². The first kappa shape index (κ1) is 22.7. The quantitative estimate of drug-likeness (QED) is 0.488. The van der Waals surface area contributed by atoms with Crippen molar-refractivity contribution < 1.29 is 22.9 Å². The lowest BCUT2D eigenvalue weighted by Gasteiger charge is -2.28. The molecule has 166 valence electrons. The summed E-state index contributed by atoms with van der Waals surface area (Å²) in [5.41, 5.74) is 0.467. The Morgan fingerprint density at radius 1 is 1.23 bits per heavy atom. The number of nitrogens with zero attached hydrogens (tertiary/aromatic N) is 2. The van der Waals surface area contributed by atoms with Gasteiger partial charge in [0.15, 0.2) is 9.84 Å². The zero-order chi connectivity index (χ0) is 22.6. The van der Waals surface area contributed by atoms with Crippen molar-refractivity contribution in [2.45, 2.75) is 23.8 Å². The molecule has 0 radical (unpaired) electrons. The van der Waals surface area contributed by atoms with E-state index in [0.29, 0.717) is 5.75 Å². The molecule has 1 amide bonds. The summed E-state index contributed by atoms with van der Waals surface area (Å²) in [4.78, 5) is 25.3. The van der Waals surface area contributed by atoms with E-state index in [4.69, 9.17) is 4.74 Å². The van der Waals surface area contributed by atoms with Crippen LogP contribution in [0.4, 0.5) is 5.69 Å². The van der Waals surface area contributed by atoms with E-state index >= 15 is 0 Å². The summed E-state index contributed by atoms with van der Waals surface area (Å²) in [6, 6.07) is 10.7. The number of amides is 1. The van der Waals surface area contributed by atoms with Crippen LogP contribution >= 0.6 is 0 Å². The second kappa shape index (κ2) is 9.44. The van der Waals surface area contributed by atoms with Crippen molar-refractivity contribution in [1.29, 1.82) is 0 Å². The molecule has 2 aromatic carbocycles. The molecule has 9 nitrogen and oxygen atoms in total. The lowest BCUT2D eigenvalue weighted by atomic mass is 10.0. The standard InChI is InChI=1S/C21H25N3O6S/c1-30-18-7-5-6-15(11-18)20(23-8-3-4-9-23)14-22-21(25)16-10-17(24(26)27)13-19(12-16)31(2,28)29/h5-7,10-13,20H,3-4,8-9,14H2,1-2H3,(H,22,25). The van der Waals surface area contributed by atoms with Crippen molar-refractivity contribution in [1.82, 2.24) is 10.2 Å². The molecule has 0 spiro atoms. The number of benzene rings is 2. The molecular formula is C21H25N3O6S. The van der Waals surface area contributed by atoms with Gasteiger partial charge in [0, 0.05) is 30.5 Å². The number of methoxy groups -OCH3 is 1. The molecular weight excluding hydrogens is 422 g/mol. The van der Waals surface area contributed by atoms with Crippen LogP contribution < -0.4 is 10.1 Å². The Hall–Kier alpha value is -2.98. The van der Waals surface area contributed by atoms with Gasteiger partial charge in [0.05, 0.1) is 23.0 Å². The fourth-order valence-corrected chi connectivity index (χ4v) is 4.36. The summed E-state index contributed by atoms with van der Waals surface area (Å²) in [7, 11) is -2.13. The number of nitrogens with one attached hydrogen (secondary N) is 1. The van der Waals surface area contributed by atoms with E-state index in [-0.39, 0.29) is 23.0 Å². The van der Waals surface area contributed by atoms with Gasteiger partial charge in [0.1, 0.15) is 5.75 Å². The van der Waals surface area contributed by atoms with Gasteiger partial charge >= 0.3 is 0 Å². The monoisotopic (exact) mass is 447 g/mol. The Morgan fingerprint density at radius 2 is 1.94 bits per heavy atom. The van der Waals surface area contributed by atoms with Crippen molar-refractivity contribution >= 4 is 21.4 Å². The summed E-state index contributed by atoms with van der Waals surface area (Å²) in [6.45, 7) is 2.06. The molecule has 1 N–H and O–H groups in total. The number of non-ortho nitro benzene ring substituents is 1. The molecule has 2 aromatic rings. The summed E-state index contributed by atoms with van der Waals surface area (Å²) in [6.07, 6.45) is 3.08. The number of carbonyl (C=O) groups excluding carboxylic acids is 1. The molecule has 10 heteroatoms. The van der Waals surface area contributed by atoms with Crippen LogP contribution in [-0.2, 0) is 9.84 Å². The molecule has 1 aliphatic rings. The maximum absolute atomic E-state index is 12.8. The molecule has 1 atom stereocenters. The molecule has 0 aromatic heterocycles. The molecule has 1 aliphatic heterocycles. The van der Waals surface area contributed by atoms with Gasteiger partial charge in [-0.15, -0.1) is 0 Å². The normalized spacial score (nSPS) is 15.4. The maximum atomic E-state index is 12.8. The van der Waals surface area contributed by atoms with Gasteiger partial charge in [-0.2, -0.15) is 0 Å². The Labute approximate surface area is 181 Å². The van der Waals surface area contributed by atoms with Gasteiger partial charge in [-0.1, -0.05) is 12.1 Å². The predicted octanol–water partition coefficient (Wildman–Crippen LogP) is 2.57. The number of rotatable bonds is 8. The lowest BCUT2D eigenvalue weighted by molar-refractivity contribution is -0.385. The van der Waals surface area contributed by atoms with Crippen LogP contribution in [0.2, 0.25) is 0 Å². The average Bonchev–Trinajstić information content (AvgIpc) is 3.27. The minimum Gasteiger partial charge on any atom is -0.497 e. The van der Waals surface area contributed by atoms with Crippen LogP contribution in [-0.4, -0.2) is 57.1 Å². The number of nitro benzene ring substituents is 1. The number of hydrogen-bond acceptors (Lipinski definition) is 7. The van der Waals surface area contributed by atoms with E-state index in [0.717, 1.165) is 55.9 Å². The Balaban J connectivity index is 1.85. The van der Waals surface area contributed by atoms with E-state index in [1.54, 1.807) is 7.11 Å². The van der Waals surface area contributed by atoms with Gasteiger partial charge < -0.3 is 10.1 Å². The van der Waals surface area contributed by atoms with Crippen molar-refractivity contribution in [2.75, 3.05) is 33.0 Å². The van der Waals surface area contributed by atoms with E-state index in [2.05, 4.69) is 10.2 Å². The number of sulfone groups is 1. The second-order valence-corrected chi connectivity index (χ2v) is 9.51. The third kappa shape index (κ3) is 5.59. The minimum absolute atomic E-state index is 0.0690. The van der Waals surface area contributed by atoms with Crippen LogP contribution in [0.3, 0.4) is 0 Å². The fourth-order valence-electron chi connectivity index (χ4n) is 3.69. The SMILES string of the molecule is COc1cccc(C(CNC(=O)c2cc([N+](=O)[O-])cc(S(C)(=O)=O)c2)N2CCCC2)c1. The minimum atomic E-state index is -3.72. The highest BCUT2D eigenvalue weighted by Crippen LogP contribution is 2.27. The van der Waals surface area contributed by atoms with Gasteiger partial charge in [0.25, 0.3) is 11.6 Å². The van der Waals surface area contributed by atoms with Crippen LogP contribution in [0, 0.1) is 10.1 Å². The van der Waals surface area contributed by atoms with E-state index < -0.39 is 26.4 Å². The molecule has 0 bridgehead atoms. The maximum Gasteiger partial charge on any atom is 0.271 e. The number of carbonyl (C=O) groups is 1. The van der Waals surface area contributed by atoms with Crippen LogP contribution in [0.15, 0.2) is 47.4 Å². The van der Waals surface area contributed by atoms with E-state index in [1.807, 2.05) is 24.3 Å². The number of nitro groups is 1. The van der Waals surface area contributed by atoms with Gasteiger partial charge in [0.2, 0.25) is 0 Å². The van der Waals surface area contributed by atoms with E-state index in [1.165, 1.54) is 0 Å². The molecule has 0 aliphatic carbocycles. The Kier molecular flexibility index (Phi) is 6.91. The predicted molar refractivity (Wildman–Crippen MR) is 115 cm³/mol. The second-order valence-electron chi connectivity index (χ2n) is 7.49. The summed E-state index contributed by atoms with van der Waals surface area (Å²) in [5, 5.41) is 14.0. The highest BCUT2D eigenvalue weighted by Gasteiger charge is 2.25. The highest BCUT2D eigenvalue weighted by molar-refractivity contribution is 7.90. The fraction of sp³-hybridized carbons (Fsp3) is 0.381. The molecule has 1 fully saturated rings. The molecule has 0 saturated carbocycles. The Bertz CT molecular complexity index is 1080.